The van der Waals surface area contributed by atoms with Gasteiger partial charge >= 0.3 is 0 Å². The van der Waals surface area contributed by atoms with Crippen molar-refractivity contribution in [3.8, 4) is 0 Å². The Balaban J connectivity index is 0.00000240. The van der Waals surface area contributed by atoms with E-state index < -0.39 is 0 Å². The standard InChI is InChI=1S/C21H27N5O2.ClH/c1-13-5-4-8-26(13)20-11-17(16-6-9-28-10-7-18(16)24-20)21(27)25-19-12-22-14(2)15(3)23-19;/h11-13H,4-10H2,1-3H3,(H,23,25,27);1H/t13-;/m1./s1. The van der Waals surface area contributed by atoms with Crippen LogP contribution in [-0.2, 0) is 17.6 Å². The number of hydrogen-bond donors (Lipinski definition) is 1. The number of hydrogen-bond acceptors (Lipinski definition) is 6. The normalized spacial score (nSPS) is 18.6. The minimum Gasteiger partial charge on any atom is -0.381 e. The molecule has 0 unspecified atom stereocenters. The van der Waals surface area contributed by atoms with Crippen LogP contribution in [-0.4, -0.2) is 46.7 Å². The average Bonchev–Trinajstić information content (AvgIpc) is 2.96. The van der Waals surface area contributed by atoms with Gasteiger partial charge in [-0.2, -0.15) is 0 Å². The number of nitrogens with one attached hydrogen (secondary N) is 1. The van der Waals surface area contributed by atoms with E-state index in [9.17, 15) is 4.79 Å². The third-order valence-corrected chi connectivity index (χ3v) is 5.70. The molecular formula is C21H28ClN5O2. The van der Waals surface area contributed by atoms with Crippen molar-refractivity contribution in [2.75, 3.05) is 30.0 Å². The molecule has 0 spiro atoms. The summed E-state index contributed by atoms with van der Waals surface area (Å²) < 4.78 is 5.64. The van der Waals surface area contributed by atoms with Gasteiger partial charge in [0.25, 0.3) is 5.91 Å². The molecule has 1 N–H and O–H groups in total. The molecule has 7 nitrogen and oxygen atoms in total. The molecule has 4 rings (SSSR count). The van der Waals surface area contributed by atoms with Crippen molar-refractivity contribution in [2.45, 2.75) is 52.5 Å². The largest absolute Gasteiger partial charge is 0.381 e. The second kappa shape index (κ2) is 9.05. The van der Waals surface area contributed by atoms with Gasteiger partial charge < -0.3 is 15.0 Å². The van der Waals surface area contributed by atoms with E-state index >= 15 is 0 Å². The Bertz CT molecular complexity index is 905. The molecule has 0 bridgehead atoms. The van der Waals surface area contributed by atoms with Gasteiger partial charge in [-0.3, -0.25) is 9.78 Å². The number of carbonyl (C=O) groups is 1. The number of fused-ring (bicyclic) bond motifs is 1. The van der Waals surface area contributed by atoms with Gasteiger partial charge in [0.1, 0.15) is 5.82 Å². The monoisotopic (exact) mass is 417 g/mol. The summed E-state index contributed by atoms with van der Waals surface area (Å²) in [5.41, 5.74) is 4.31. The number of aromatic nitrogens is 3. The third-order valence-electron chi connectivity index (χ3n) is 5.70. The first-order chi connectivity index (χ1) is 13.5. The van der Waals surface area contributed by atoms with Gasteiger partial charge in [0.05, 0.1) is 30.8 Å². The first-order valence-electron chi connectivity index (χ1n) is 10.0. The van der Waals surface area contributed by atoms with Crippen molar-refractivity contribution >= 4 is 29.9 Å². The Kier molecular flexibility index (Phi) is 6.70. The van der Waals surface area contributed by atoms with Gasteiger partial charge in [-0.05, 0) is 51.7 Å². The fourth-order valence-electron chi connectivity index (χ4n) is 3.95. The summed E-state index contributed by atoms with van der Waals surface area (Å²) in [6.45, 7) is 8.24. The number of amides is 1. The fourth-order valence-corrected chi connectivity index (χ4v) is 3.95. The van der Waals surface area contributed by atoms with Crippen molar-refractivity contribution in [1.29, 1.82) is 0 Å². The van der Waals surface area contributed by atoms with Crippen molar-refractivity contribution in [3.63, 3.8) is 0 Å². The number of anilines is 2. The first kappa shape index (κ1) is 21.5. The van der Waals surface area contributed by atoms with E-state index in [2.05, 4.69) is 27.1 Å². The minimum absolute atomic E-state index is 0. The highest BCUT2D eigenvalue weighted by Crippen LogP contribution is 2.29. The zero-order chi connectivity index (χ0) is 19.7. The molecule has 29 heavy (non-hydrogen) atoms. The van der Waals surface area contributed by atoms with Gasteiger partial charge in [0, 0.05) is 30.3 Å². The van der Waals surface area contributed by atoms with Crippen LogP contribution in [0.2, 0.25) is 0 Å². The van der Waals surface area contributed by atoms with Crippen LogP contribution in [0.15, 0.2) is 12.3 Å². The van der Waals surface area contributed by atoms with E-state index in [0.717, 1.165) is 54.3 Å². The number of pyridine rings is 1. The van der Waals surface area contributed by atoms with E-state index in [4.69, 9.17) is 9.72 Å². The van der Waals surface area contributed by atoms with Crippen LogP contribution >= 0.6 is 12.4 Å². The van der Waals surface area contributed by atoms with E-state index in [1.165, 1.54) is 0 Å². The van der Waals surface area contributed by atoms with Crippen LogP contribution in [0, 0.1) is 13.8 Å². The summed E-state index contributed by atoms with van der Waals surface area (Å²) >= 11 is 0. The summed E-state index contributed by atoms with van der Waals surface area (Å²) in [5, 5.41) is 2.93. The van der Waals surface area contributed by atoms with Gasteiger partial charge in [0.15, 0.2) is 5.82 Å². The number of nitrogens with zero attached hydrogens (tertiary/aromatic N) is 4. The lowest BCUT2D eigenvalue weighted by Crippen LogP contribution is -2.28. The summed E-state index contributed by atoms with van der Waals surface area (Å²) in [7, 11) is 0. The molecule has 4 heterocycles. The lowest BCUT2D eigenvalue weighted by molar-refractivity contribution is 0.102. The van der Waals surface area contributed by atoms with Gasteiger partial charge in [-0.25, -0.2) is 9.97 Å². The number of halogens is 1. The van der Waals surface area contributed by atoms with Gasteiger partial charge in [-0.15, -0.1) is 12.4 Å². The molecule has 0 aromatic carbocycles. The lowest BCUT2D eigenvalue weighted by Gasteiger charge is -2.25. The van der Waals surface area contributed by atoms with E-state index in [1.54, 1.807) is 6.20 Å². The van der Waals surface area contributed by atoms with Crippen molar-refractivity contribution < 1.29 is 9.53 Å². The number of aryl methyl sites for hydroxylation is 2. The van der Waals surface area contributed by atoms with Crippen LogP contribution < -0.4 is 10.2 Å². The van der Waals surface area contributed by atoms with E-state index in [0.29, 0.717) is 37.1 Å². The molecule has 2 aliphatic rings. The molecule has 8 heteroatoms. The SMILES string of the molecule is Cc1ncc(NC(=O)c2cc(N3CCC[C@H]3C)nc3c2CCOCC3)nc1C.Cl. The molecular weight excluding hydrogens is 390 g/mol. The van der Waals surface area contributed by atoms with Crippen molar-refractivity contribution in [3.05, 3.63) is 40.5 Å². The molecule has 1 amide bonds. The summed E-state index contributed by atoms with van der Waals surface area (Å²) in [6, 6.07) is 2.38. The lowest BCUT2D eigenvalue weighted by atomic mass is 10.0. The third kappa shape index (κ3) is 4.51. The van der Waals surface area contributed by atoms with Crippen LogP contribution in [0.4, 0.5) is 11.6 Å². The molecule has 1 atom stereocenters. The van der Waals surface area contributed by atoms with Crippen molar-refractivity contribution in [2.24, 2.45) is 0 Å². The Morgan fingerprint density at radius 1 is 1.21 bits per heavy atom. The smallest absolute Gasteiger partial charge is 0.257 e. The molecule has 1 fully saturated rings. The van der Waals surface area contributed by atoms with E-state index in [-0.39, 0.29) is 18.3 Å². The molecule has 0 radical (unpaired) electrons. The molecule has 2 aromatic heterocycles. The summed E-state index contributed by atoms with van der Waals surface area (Å²) in [4.78, 5) is 29.1. The quantitative estimate of drug-likeness (QED) is 0.825. The van der Waals surface area contributed by atoms with E-state index in [1.807, 2.05) is 19.9 Å². The maximum Gasteiger partial charge on any atom is 0.257 e. The molecule has 0 saturated carbocycles. The molecule has 156 valence electrons. The second-order valence-corrected chi connectivity index (χ2v) is 7.63. The van der Waals surface area contributed by atoms with Gasteiger partial charge in [0.2, 0.25) is 0 Å². The first-order valence-corrected chi connectivity index (χ1v) is 10.0. The minimum atomic E-state index is -0.161. The molecule has 2 aromatic rings. The summed E-state index contributed by atoms with van der Waals surface area (Å²) in [6.07, 6.45) is 5.34. The Morgan fingerprint density at radius 3 is 2.72 bits per heavy atom. The topological polar surface area (TPSA) is 80.2 Å². The predicted molar refractivity (Wildman–Crippen MR) is 115 cm³/mol. The number of carbonyl (C=O) groups excluding carboxylic acids is 1. The van der Waals surface area contributed by atoms with Crippen LogP contribution in [0.3, 0.4) is 0 Å². The highest BCUT2D eigenvalue weighted by Gasteiger charge is 2.26. The number of ether oxygens (including phenoxy) is 1. The number of rotatable bonds is 3. The Labute approximate surface area is 177 Å². The second-order valence-electron chi connectivity index (χ2n) is 7.63. The Morgan fingerprint density at radius 2 is 2.00 bits per heavy atom. The zero-order valence-corrected chi connectivity index (χ0v) is 18.0. The van der Waals surface area contributed by atoms with Gasteiger partial charge in [-0.1, -0.05) is 0 Å². The molecule has 1 saturated heterocycles. The highest BCUT2D eigenvalue weighted by atomic mass is 35.5. The Hall–Kier alpha value is -2.25. The predicted octanol–water partition coefficient (Wildman–Crippen LogP) is 3.27. The summed E-state index contributed by atoms with van der Waals surface area (Å²) in [5.74, 6) is 1.20. The average molecular weight is 418 g/mol. The van der Waals surface area contributed by atoms with Crippen LogP contribution in [0.1, 0.15) is 52.8 Å². The van der Waals surface area contributed by atoms with Crippen LogP contribution in [0.5, 0.6) is 0 Å². The zero-order valence-electron chi connectivity index (χ0n) is 17.2. The maximum atomic E-state index is 13.2. The fraction of sp³-hybridized carbons (Fsp3) is 0.524. The van der Waals surface area contributed by atoms with Crippen molar-refractivity contribution in [1.82, 2.24) is 15.0 Å². The maximum absolute atomic E-state index is 13.2. The molecule has 2 aliphatic heterocycles. The highest BCUT2D eigenvalue weighted by molar-refractivity contribution is 6.05. The van der Waals surface area contributed by atoms with Crippen LogP contribution in [0.25, 0.3) is 0 Å². The molecule has 0 aliphatic carbocycles.